The molecule has 1 aromatic rings. The molecule has 0 radical (unpaired) electrons. The lowest BCUT2D eigenvalue weighted by Crippen LogP contribution is -2.40. The van der Waals surface area contributed by atoms with E-state index >= 15 is 0 Å². The Labute approximate surface area is 157 Å². The highest BCUT2D eigenvalue weighted by molar-refractivity contribution is 14.0. The summed E-state index contributed by atoms with van der Waals surface area (Å²) >= 11 is 0. The fourth-order valence-corrected chi connectivity index (χ4v) is 2.08. The van der Waals surface area contributed by atoms with Gasteiger partial charge in [0.05, 0.1) is 0 Å². The van der Waals surface area contributed by atoms with Gasteiger partial charge in [-0.3, -0.25) is 9.79 Å². The van der Waals surface area contributed by atoms with Crippen LogP contribution in [0.2, 0.25) is 0 Å². The van der Waals surface area contributed by atoms with Gasteiger partial charge in [-0.1, -0.05) is 36.8 Å². The third-order valence-electron chi connectivity index (χ3n) is 3.54. The molecule has 0 saturated carbocycles. The van der Waals surface area contributed by atoms with Crippen LogP contribution in [0.15, 0.2) is 29.3 Å². The van der Waals surface area contributed by atoms with Crippen LogP contribution in [0.25, 0.3) is 0 Å². The highest BCUT2D eigenvalue weighted by atomic mass is 127. The molecule has 0 aliphatic carbocycles. The third-order valence-corrected chi connectivity index (χ3v) is 3.54. The maximum absolute atomic E-state index is 11.5. The Morgan fingerprint density at radius 1 is 1.30 bits per heavy atom. The predicted octanol–water partition coefficient (Wildman–Crippen LogP) is 2.36. The van der Waals surface area contributed by atoms with E-state index in [0.29, 0.717) is 18.9 Å². The number of guanidine groups is 1. The molecular formula is C17H29IN4O. The number of benzene rings is 1. The van der Waals surface area contributed by atoms with Crippen molar-refractivity contribution in [3.63, 3.8) is 0 Å². The average Bonchev–Trinajstić information content (AvgIpc) is 2.49. The lowest BCUT2D eigenvalue weighted by atomic mass is 9.99. The Hall–Kier alpha value is -1.31. The molecule has 1 aromatic carbocycles. The third kappa shape index (κ3) is 8.20. The van der Waals surface area contributed by atoms with Crippen molar-refractivity contribution in [3.05, 3.63) is 35.4 Å². The molecule has 130 valence electrons. The molecule has 0 aliphatic rings. The standard InChI is InChI=1S/C17H28N4O.HI/c1-13-7-6-8-15(11-13)14(2)12-20-17(18-3)19-10-9-16(22)21(4)5;/h6-8,11,14H,9-10,12H2,1-5H3,(H2,18,19,20);1H. The van der Waals surface area contributed by atoms with Gasteiger partial charge in [-0.05, 0) is 18.4 Å². The maximum Gasteiger partial charge on any atom is 0.223 e. The quantitative estimate of drug-likeness (QED) is 0.412. The van der Waals surface area contributed by atoms with Gasteiger partial charge >= 0.3 is 0 Å². The number of amides is 1. The first-order valence-electron chi connectivity index (χ1n) is 7.65. The number of nitrogens with one attached hydrogen (secondary N) is 2. The van der Waals surface area contributed by atoms with Crippen LogP contribution in [0.4, 0.5) is 0 Å². The summed E-state index contributed by atoms with van der Waals surface area (Å²) in [7, 11) is 5.26. The minimum absolute atomic E-state index is 0. The maximum atomic E-state index is 11.5. The molecule has 5 nitrogen and oxygen atoms in total. The van der Waals surface area contributed by atoms with E-state index in [9.17, 15) is 4.79 Å². The number of hydrogen-bond acceptors (Lipinski definition) is 2. The van der Waals surface area contributed by atoms with Gasteiger partial charge in [-0.15, -0.1) is 24.0 Å². The van der Waals surface area contributed by atoms with Crippen molar-refractivity contribution >= 4 is 35.8 Å². The van der Waals surface area contributed by atoms with Crippen LogP contribution < -0.4 is 10.6 Å². The molecule has 2 N–H and O–H groups in total. The molecule has 0 spiro atoms. The number of hydrogen-bond donors (Lipinski definition) is 2. The van der Waals surface area contributed by atoms with Gasteiger partial charge in [0.25, 0.3) is 0 Å². The number of nitrogens with zero attached hydrogens (tertiary/aromatic N) is 2. The van der Waals surface area contributed by atoms with E-state index in [0.717, 1.165) is 12.5 Å². The van der Waals surface area contributed by atoms with E-state index in [1.54, 1.807) is 26.0 Å². The van der Waals surface area contributed by atoms with Crippen molar-refractivity contribution in [2.24, 2.45) is 4.99 Å². The molecule has 0 fully saturated rings. The van der Waals surface area contributed by atoms with Gasteiger partial charge in [0.15, 0.2) is 5.96 Å². The fourth-order valence-electron chi connectivity index (χ4n) is 2.08. The van der Waals surface area contributed by atoms with Crippen LogP contribution >= 0.6 is 24.0 Å². The van der Waals surface area contributed by atoms with Crippen molar-refractivity contribution in [2.45, 2.75) is 26.2 Å². The fraction of sp³-hybridized carbons (Fsp3) is 0.529. The van der Waals surface area contributed by atoms with Crippen molar-refractivity contribution in [1.82, 2.24) is 15.5 Å². The van der Waals surface area contributed by atoms with Gasteiger partial charge < -0.3 is 15.5 Å². The Bertz CT molecular complexity index is 517. The van der Waals surface area contributed by atoms with Crippen LogP contribution in [0.1, 0.15) is 30.4 Å². The zero-order valence-corrected chi connectivity index (χ0v) is 17.0. The largest absolute Gasteiger partial charge is 0.356 e. The first-order chi connectivity index (χ1) is 10.4. The summed E-state index contributed by atoms with van der Waals surface area (Å²) in [5.41, 5.74) is 2.58. The van der Waals surface area contributed by atoms with Gasteiger partial charge in [0, 0.05) is 40.7 Å². The summed E-state index contributed by atoms with van der Waals surface area (Å²) < 4.78 is 0. The molecule has 1 unspecified atom stereocenters. The first kappa shape index (κ1) is 21.7. The Morgan fingerprint density at radius 2 is 2.00 bits per heavy atom. The molecule has 0 aliphatic heterocycles. The van der Waals surface area contributed by atoms with Crippen LogP contribution in [0.5, 0.6) is 0 Å². The van der Waals surface area contributed by atoms with E-state index in [2.05, 4.69) is 53.7 Å². The summed E-state index contributed by atoms with van der Waals surface area (Å²) in [5, 5.41) is 6.47. The Morgan fingerprint density at radius 3 is 2.57 bits per heavy atom. The molecule has 23 heavy (non-hydrogen) atoms. The summed E-state index contributed by atoms with van der Waals surface area (Å²) in [5.74, 6) is 1.23. The van der Waals surface area contributed by atoms with E-state index in [4.69, 9.17) is 0 Å². The van der Waals surface area contributed by atoms with E-state index < -0.39 is 0 Å². The van der Waals surface area contributed by atoms with E-state index in [-0.39, 0.29) is 29.9 Å². The molecule has 1 atom stereocenters. The first-order valence-corrected chi connectivity index (χ1v) is 7.65. The molecule has 0 aromatic heterocycles. The number of carbonyl (C=O) groups is 1. The molecule has 6 heteroatoms. The van der Waals surface area contributed by atoms with Crippen molar-refractivity contribution < 1.29 is 4.79 Å². The number of rotatable bonds is 6. The molecular weight excluding hydrogens is 403 g/mol. The van der Waals surface area contributed by atoms with Crippen molar-refractivity contribution in [3.8, 4) is 0 Å². The summed E-state index contributed by atoms with van der Waals surface area (Å²) in [4.78, 5) is 17.3. The van der Waals surface area contributed by atoms with Crippen LogP contribution in [-0.4, -0.2) is 51.0 Å². The molecule has 1 rings (SSSR count). The number of aryl methyl sites for hydroxylation is 1. The smallest absolute Gasteiger partial charge is 0.223 e. The normalized spacial score (nSPS) is 12.1. The van der Waals surface area contributed by atoms with E-state index in [1.165, 1.54) is 11.1 Å². The minimum Gasteiger partial charge on any atom is -0.356 e. The molecule has 0 bridgehead atoms. The summed E-state index contributed by atoms with van der Waals surface area (Å²) in [6.45, 7) is 5.66. The minimum atomic E-state index is 0. The molecule has 0 saturated heterocycles. The summed E-state index contributed by atoms with van der Waals surface area (Å²) in [6.07, 6.45) is 0.459. The van der Waals surface area contributed by atoms with Crippen LogP contribution in [0, 0.1) is 6.92 Å². The number of aliphatic imine (C=N–C) groups is 1. The average molecular weight is 432 g/mol. The van der Waals surface area contributed by atoms with Crippen molar-refractivity contribution in [2.75, 3.05) is 34.2 Å². The topological polar surface area (TPSA) is 56.7 Å². The monoisotopic (exact) mass is 432 g/mol. The van der Waals surface area contributed by atoms with Gasteiger partial charge in [0.1, 0.15) is 0 Å². The lowest BCUT2D eigenvalue weighted by Gasteiger charge is -2.17. The van der Waals surface area contributed by atoms with Crippen LogP contribution in [-0.2, 0) is 4.79 Å². The zero-order chi connectivity index (χ0) is 16.5. The summed E-state index contributed by atoms with van der Waals surface area (Å²) in [6, 6.07) is 8.54. The lowest BCUT2D eigenvalue weighted by molar-refractivity contribution is -0.128. The van der Waals surface area contributed by atoms with Crippen molar-refractivity contribution in [1.29, 1.82) is 0 Å². The second kappa shape index (κ2) is 11.3. The van der Waals surface area contributed by atoms with Gasteiger partial charge in [0.2, 0.25) is 5.91 Å². The second-order valence-corrected chi connectivity index (χ2v) is 5.73. The highest BCUT2D eigenvalue weighted by Gasteiger charge is 2.08. The van der Waals surface area contributed by atoms with Crippen LogP contribution in [0.3, 0.4) is 0 Å². The molecule has 0 heterocycles. The SMILES string of the molecule is CN=C(NCCC(=O)N(C)C)NCC(C)c1cccc(C)c1.I. The second-order valence-electron chi connectivity index (χ2n) is 5.73. The number of halogens is 1. The highest BCUT2D eigenvalue weighted by Crippen LogP contribution is 2.15. The predicted molar refractivity (Wildman–Crippen MR) is 108 cm³/mol. The number of carbonyl (C=O) groups excluding carboxylic acids is 1. The Balaban J connectivity index is 0.00000484. The zero-order valence-electron chi connectivity index (χ0n) is 14.7. The van der Waals surface area contributed by atoms with Gasteiger partial charge in [-0.25, -0.2) is 0 Å². The Kier molecular flexibility index (Phi) is 10.6. The molecule has 1 amide bonds. The van der Waals surface area contributed by atoms with E-state index in [1.807, 2.05) is 0 Å². The van der Waals surface area contributed by atoms with Gasteiger partial charge in [-0.2, -0.15) is 0 Å².